The van der Waals surface area contributed by atoms with E-state index in [0.29, 0.717) is 5.92 Å². The third-order valence-corrected chi connectivity index (χ3v) is 3.85. The average molecular weight is 282 g/mol. The highest BCUT2D eigenvalue weighted by molar-refractivity contribution is 6.30. The van der Waals surface area contributed by atoms with Gasteiger partial charge in [0.25, 0.3) is 0 Å². The molecule has 2 heteroatoms. The lowest BCUT2D eigenvalue weighted by molar-refractivity contribution is 0.356. The predicted octanol–water partition coefficient (Wildman–Crippen LogP) is 4.93. The van der Waals surface area contributed by atoms with Crippen LogP contribution in [0.1, 0.15) is 45.6 Å². The summed E-state index contributed by atoms with van der Waals surface area (Å²) in [6.07, 6.45) is 5.04. The van der Waals surface area contributed by atoms with Gasteiger partial charge in [-0.2, -0.15) is 0 Å². The maximum Gasteiger partial charge on any atom is 0.0408 e. The highest BCUT2D eigenvalue weighted by Crippen LogP contribution is 2.21. The second-order valence-corrected chi connectivity index (χ2v) is 6.07. The molecular weight excluding hydrogens is 254 g/mol. The van der Waals surface area contributed by atoms with Crippen molar-refractivity contribution in [2.45, 2.75) is 46.5 Å². The molecule has 2 atom stereocenters. The third kappa shape index (κ3) is 6.98. The second-order valence-electron chi connectivity index (χ2n) is 5.64. The van der Waals surface area contributed by atoms with E-state index in [1.807, 2.05) is 6.07 Å². The molecule has 0 aliphatic carbocycles. The number of rotatable bonds is 9. The summed E-state index contributed by atoms with van der Waals surface area (Å²) in [4.78, 5) is 0. The zero-order valence-electron chi connectivity index (χ0n) is 12.6. The standard InChI is InChI=1S/C17H28ClN/c1-4-7-14(3)10-16(13-19-5-2)11-15-8-6-9-17(18)12-15/h6,8-9,12,14,16,19H,4-5,7,10-11,13H2,1-3H3. The largest absolute Gasteiger partial charge is 0.317 e. The molecule has 0 heterocycles. The smallest absolute Gasteiger partial charge is 0.0408 e. The molecule has 0 spiro atoms. The van der Waals surface area contributed by atoms with E-state index < -0.39 is 0 Å². The van der Waals surface area contributed by atoms with Gasteiger partial charge in [-0.1, -0.05) is 57.3 Å². The molecule has 1 aromatic carbocycles. The monoisotopic (exact) mass is 281 g/mol. The first-order valence-corrected chi connectivity index (χ1v) is 7.98. The Bertz CT molecular complexity index is 351. The van der Waals surface area contributed by atoms with Crippen molar-refractivity contribution in [1.29, 1.82) is 0 Å². The van der Waals surface area contributed by atoms with E-state index in [0.717, 1.165) is 30.5 Å². The Hall–Kier alpha value is -0.530. The van der Waals surface area contributed by atoms with E-state index in [1.165, 1.54) is 24.8 Å². The summed E-state index contributed by atoms with van der Waals surface area (Å²) >= 11 is 6.07. The Morgan fingerprint density at radius 2 is 2.05 bits per heavy atom. The molecule has 1 nitrogen and oxygen atoms in total. The van der Waals surface area contributed by atoms with E-state index in [4.69, 9.17) is 11.6 Å². The summed E-state index contributed by atoms with van der Waals surface area (Å²) in [5.41, 5.74) is 1.36. The second kappa shape index (κ2) is 9.39. The molecule has 0 bridgehead atoms. The van der Waals surface area contributed by atoms with E-state index in [2.05, 4.69) is 44.3 Å². The van der Waals surface area contributed by atoms with Gasteiger partial charge >= 0.3 is 0 Å². The summed E-state index contributed by atoms with van der Waals surface area (Å²) < 4.78 is 0. The van der Waals surface area contributed by atoms with Crippen molar-refractivity contribution in [3.8, 4) is 0 Å². The van der Waals surface area contributed by atoms with Crippen LogP contribution < -0.4 is 5.32 Å². The van der Waals surface area contributed by atoms with Crippen molar-refractivity contribution < 1.29 is 0 Å². The van der Waals surface area contributed by atoms with Gasteiger partial charge in [0.2, 0.25) is 0 Å². The minimum Gasteiger partial charge on any atom is -0.317 e. The topological polar surface area (TPSA) is 12.0 Å². The van der Waals surface area contributed by atoms with Crippen LogP contribution in [0.25, 0.3) is 0 Å². The van der Waals surface area contributed by atoms with E-state index in [1.54, 1.807) is 0 Å². The lowest BCUT2D eigenvalue weighted by Crippen LogP contribution is -2.25. The van der Waals surface area contributed by atoms with Crippen molar-refractivity contribution in [3.05, 3.63) is 34.9 Å². The van der Waals surface area contributed by atoms with Gasteiger partial charge in [-0.15, -0.1) is 0 Å². The quantitative estimate of drug-likeness (QED) is 0.676. The first kappa shape index (κ1) is 16.5. The van der Waals surface area contributed by atoms with Crippen LogP contribution in [0.3, 0.4) is 0 Å². The Balaban J connectivity index is 2.57. The van der Waals surface area contributed by atoms with Crippen LogP contribution >= 0.6 is 11.6 Å². The third-order valence-electron chi connectivity index (χ3n) is 3.61. The first-order chi connectivity index (χ1) is 9.15. The molecule has 108 valence electrons. The summed E-state index contributed by atoms with van der Waals surface area (Å²) in [6.45, 7) is 8.98. The molecule has 2 unspecified atom stereocenters. The van der Waals surface area contributed by atoms with Gasteiger partial charge < -0.3 is 5.32 Å². The Labute approximate surface area is 123 Å². The van der Waals surface area contributed by atoms with Gasteiger partial charge in [-0.3, -0.25) is 0 Å². The summed E-state index contributed by atoms with van der Waals surface area (Å²) in [7, 11) is 0. The van der Waals surface area contributed by atoms with E-state index in [-0.39, 0.29) is 0 Å². The fraction of sp³-hybridized carbons (Fsp3) is 0.647. The SMILES string of the molecule is CCCC(C)CC(CNCC)Cc1cccc(Cl)c1. The minimum atomic E-state index is 0.708. The fourth-order valence-electron chi connectivity index (χ4n) is 2.76. The molecule has 1 aromatic rings. The minimum absolute atomic E-state index is 0.708. The molecule has 0 fully saturated rings. The molecule has 1 N–H and O–H groups in total. The average Bonchev–Trinajstić information content (AvgIpc) is 2.36. The molecule has 0 radical (unpaired) electrons. The maximum absolute atomic E-state index is 6.07. The van der Waals surface area contributed by atoms with Crippen molar-refractivity contribution in [2.24, 2.45) is 11.8 Å². The summed E-state index contributed by atoms with van der Waals surface area (Å²) in [6, 6.07) is 8.29. The number of hydrogen-bond acceptors (Lipinski definition) is 1. The van der Waals surface area contributed by atoms with E-state index >= 15 is 0 Å². The van der Waals surface area contributed by atoms with Crippen molar-refractivity contribution in [3.63, 3.8) is 0 Å². The molecule has 0 saturated carbocycles. The predicted molar refractivity (Wildman–Crippen MR) is 85.9 cm³/mol. The van der Waals surface area contributed by atoms with Crippen LogP contribution in [-0.2, 0) is 6.42 Å². The highest BCUT2D eigenvalue weighted by Gasteiger charge is 2.13. The Morgan fingerprint density at radius 1 is 1.26 bits per heavy atom. The Morgan fingerprint density at radius 3 is 2.68 bits per heavy atom. The molecule has 1 rings (SSSR count). The number of nitrogens with one attached hydrogen (secondary N) is 1. The van der Waals surface area contributed by atoms with Gasteiger partial charge in [0.05, 0.1) is 0 Å². The van der Waals surface area contributed by atoms with Gasteiger partial charge in [0.15, 0.2) is 0 Å². The van der Waals surface area contributed by atoms with Gasteiger partial charge in [0, 0.05) is 5.02 Å². The van der Waals surface area contributed by atoms with Crippen LogP contribution in [-0.4, -0.2) is 13.1 Å². The number of halogens is 1. The van der Waals surface area contributed by atoms with Gasteiger partial charge in [-0.25, -0.2) is 0 Å². The normalized spacial score (nSPS) is 14.3. The van der Waals surface area contributed by atoms with E-state index in [9.17, 15) is 0 Å². The van der Waals surface area contributed by atoms with Crippen molar-refractivity contribution in [1.82, 2.24) is 5.32 Å². The summed E-state index contributed by atoms with van der Waals surface area (Å²) in [5, 5.41) is 4.35. The van der Waals surface area contributed by atoms with Gasteiger partial charge in [0.1, 0.15) is 0 Å². The van der Waals surface area contributed by atoms with Gasteiger partial charge in [-0.05, 0) is 55.5 Å². The molecule has 0 aromatic heterocycles. The molecular formula is C17H28ClN. The fourth-order valence-corrected chi connectivity index (χ4v) is 2.98. The molecule has 0 aliphatic rings. The number of hydrogen-bond donors (Lipinski definition) is 1. The highest BCUT2D eigenvalue weighted by atomic mass is 35.5. The Kier molecular flexibility index (Phi) is 8.16. The van der Waals surface area contributed by atoms with Crippen molar-refractivity contribution in [2.75, 3.05) is 13.1 Å². The van der Waals surface area contributed by atoms with Crippen LogP contribution in [0.2, 0.25) is 5.02 Å². The van der Waals surface area contributed by atoms with Crippen LogP contribution in [0, 0.1) is 11.8 Å². The van der Waals surface area contributed by atoms with Crippen LogP contribution in [0.15, 0.2) is 24.3 Å². The zero-order chi connectivity index (χ0) is 14.1. The van der Waals surface area contributed by atoms with Crippen LogP contribution in [0.5, 0.6) is 0 Å². The molecule has 0 saturated heterocycles. The van der Waals surface area contributed by atoms with Crippen molar-refractivity contribution >= 4 is 11.6 Å². The first-order valence-electron chi connectivity index (χ1n) is 7.60. The molecule has 0 amide bonds. The molecule has 0 aliphatic heterocycles. The lowest BCUT2D eigenvalue weighted by Gasteiger charge is -2.21. The molecule has 19 heavy (non-hydrogen) atoms. The van der Waals surface area contributed by atoms with Crippen LogP contribution in [0.4, 0.5) is 0 Å². The maximum atomic E-state index is 6.07. The lowest BCUT2D eigenvalue weighted by atomic mass is 9.88. The number of benzene rings is 1. The summed E-state index contributed by atoms with van der Waals surface area (Å²) in [5.74, 6) is 1.52. The zero-order valence-corrected chi connectivity index (χ0v) is 13.3.